The number of ketones is 1. The number of amides is 1. The van der Waals surface area contributed by atoms with Crippen LogP contribution in [-0.2, 0) is 11.0 Å². The summed E-state index contributed by atoms with van der Waals surface area (Å²) in [4.78, 5) is 30.4. The van der Waals surface area contributed by atoms with Gasteiger partial charge in [0.05, 0.1) is 16.9 Å². The molecule has 0 saturated carbocycles. The fourth-order valence-electron chi connectivity index (χ4n) is 2.94. The number of carbonyl (C=O) groups is 2. The van der Waals surface area contributed by atoms with Gasteiger partial charge in [-0.3, -0.25) is 14.5 Å². The molecule has 1 aromatic heterocycles. The van der Waals surface area contributed by atoms with Crippen LogP contribution in [0.5, 0.6) is 0 Å². The van der Waals surface area contributed by atoms with Gasteiger partial charge in [-0.05, 0) is 55.3 Å². The minimum absolute atomic E-state index is 0.233. The van der Waals surface area contributed by atoms with E-state index in [0.29, 0.717) is 16.5 Å². The summed E-state index contributed by atoms with van der Waals surface area (Å²) in [6.45, 7) is 5.33. The van der Waals surface area contributed by atoms with Crippen LogP contribution >= 0.6 is 11.3 Å². The van der Waals surface area contributed by atoms with E-state index in [1.165, 1.54) is 41.4 Å². The molecule has 160 valence electrons. The van der Waals surface area contributed by atoms with Gasteiger partial charge in [-0.1, -0.05) is 24.3 Å². The summed E-state index contributed by atoms with van der Waals surface area (Å²) in [5, 5.41) is 2.03. The molecule has 0 atom stereocenters. The van der Waals surface area contributed by atoms with Crippen LogP contribution in [0.25, 0.3) is 6.08 Å². The maximum Gasteiger partial charge on any atom is 0.417 e. The normalized spacial score (nSPS) is 11.7. The first-order valence-corrected chi connectivity index (χ1v) is 10.2. The molecule has 0 bridgehead atoms. The number of carbonyl (C=O) groups excluding carboxylic acids is 2. The Hall–Kier alpha value is -3.26. The van der Waals surface area contributed by atoms with Gasteiger partial charge in [-0.2, -0.15) is 13.2 Å². The van der Waals surface area contributed by atoms with E-state index in [2.05, 4.69) is 4.98 Å². The summed E-state index contributed by atoms with van der Waals surface area (Å²) in [5.74, 6) is -1.01. The Kier molecular flexibility index (Phi) is 6.40. The second kappa shape index (κ2) is 8.85. The zero-order valence-electron chi connectivity index (χ0n) is 17.0. The summed E-state index contributed by atoms with van der Waals surface area (Å²) in [7, 11) is 0. The van der Waals surface area contributed by atoms with Crippen LogP contribution in [0, 0.1) is 13.8 Å². The molecule has 0 saturated heterocycles. The van der Waals surface area contributed by atoms with Crippen molar-refractivity contribution in [1.82, 2.24) is 4.98 Å². The van der Waals surface area contributed by atoms with Gasteiger partial charge in [0.1, 0.15) is 0 Å². The van der Waals surface area contributed by atoms with Gasteiger partial charge >= 0.3 is 6.18 Å². The lowest BCUT2D eigenvalue weighted by molar-refractivity contribution is -0.137. The third-order valence-electron chi connectivity index (χ3n) is 4.67. The Morgan fingerprint density at radius 2 is 1.77 bits per heavy atom. The summed E-state index contributed by atoms with van der Waals surface area (Å²) in [5.41, 5.74) is 1.73. The molecule has 0 fully saturated rings. The number of alkyl halides is 3. The first-order valence-electron chi connectivity index (χ1n) is 9.30. The third kappa shape index (κ3) is 5.08. The van der Waals surface area contributed by atoms with Crippen molar-refractivity contribution in [3.8, 4) is 0 Å². The predicted molar refractivity (Wildman–Crippen MR) is 116 cm³/mol. The number of hydrogen-bond acceptors (Lipinski definition) is 4. The van der Waals surface area contributed by atoms with Gasteiger partial charge < -0.3 is 0 Å². The van der Waals surface area contributed by atoms with Crippen molar-refractivity contribution >= 4 is 39.9 Å². The molecule has 1 heterocycles. The van der Waals surface area contributed by atoms with Crippen molar-refractivity contribution in [3.63, 3.8) is 0 Å². The number of nitrogens with zero attached hydrogens (tertiary/aromatic N) is 2. The van der Waals surface area contributed by atoms with Crippen molar-refractivity contribution in [2.45, 2.75) is 26.9 Å². The highest BCUT2D eigenvalue weighted by Gasteiger charge is 2.34. The monoisotopic (exact) mass is 444 g/mol. The fourth-order valence-corrected chi connectivity index (χ4v) is 3.80. The maximum atomic E-state index is 13.1. The molecule has 0 aliphatic carbocycles. The van der Waals surface area contributed by atoms with E-state index in [1.807, 2.05) is 32.0 Å². The molecule has 0 aliphatic heterocycles. The number of benzene rings is 2. The van der Waals surface area contributed by atoms with E-state index in [0.717, 1.165) is 29.3 Å². The van der Waals surface area contributed by atoms with Crippen molar-refractivity contribution in [2.75, 3.05) is 4.90 Å². The molecule has 4 nitrogen and oxygen atoms in total. The van der Waals surface area contributed by atoms with Crippen LogP contribution < -0.4 is 4.90 Å². The zero-order chi connectivity index (χ0) is 22.8. The number of anilines is 2. The van der Waals surface area contributed by atoms with E-state index >= 15 is 0 Å². The fraction of sp³-hybridized carbons (Fsp3) is 0.174. The number of thiazole rings is 1. The Balaban J connectivity index is 1.87. The number of aromatic nitrogens is 1. The average Bonchev–Trinajstić information content (AvgIpc) is 3.16. The molecular formula is C23H19F3N2O2S. The number of rotatable bonds is 5. The molecular weight excluding hydrogens is 425 g/mol. The Bertz CT molecular complexity index is 1170. The van der Waals surface area contributed by atoms with Crippen molar-refractivity contribution in [3.05, 3.63) is 81.9 Å². The largest absolute Gasteiger partial charge is 0.417 e. The van der Waals surface area contributed by atoms with Gasteiger partial charge in [-0.15, -0.1) is 11.3 Å². The minimum Gasteiger partial charge on any atom is -0.289 e. The summed E-state index contributed by atoms with van der Waals surface area (Å²) in [6.07, 6.45) is -2.23. The molecule has 8 heteroatoms. The summed E-state index contributed by atoms with van der Waals surface area (Å²) >= 11 is 1.20. The molecule has 0 spiro atoms. The standard InChI is InChI=1S/C23H19F3N2O2S/c1-14-8-10-18(12-15(14)2)28(16(3)29)22-27-17(13-31-22)9-11-21(30)19-6-4-5-7-20(19)23(24,25)26/h4-13H,1-3H3. The summed E-state index contributed by atoms with van der Waals surface area (Å²) < 4.78 is 39.4. The molecule has 3 aromatic rings. The van der Waals surface area contributed by atoms with Crippen LogP contribution in [0.2, 0.25) is 0 Å². The molecule has 31 heavy (non-hydrogen) atoms. The molecule has 0 radical (unpaired) electrons. The molecule has 0 aliphatic rings. The Labute approximate surface area is 181 Å². The van der Waals surface area contributed by atoms with E-state index in [-0.39, 0.29) is 5.91 Å². The van der Waals surface area contributed by atoms with E-state index in [1.54, 1.807) is 5.38 Å². The lowest BCUT2D eigenvalue weighted by atomic mass is 10.0. The van der Waals surface area contributed by atoms with Gasteiger partial charge in [0.25, 0.3) is 0 Å². The van der Waals surface area contributed by atoms with Gasteiger partial charge in [0, 0.05) is 17.9 Å². The van der Waals surface area contributed by atoms with Gasteiger partial charge in [0.15, 0.2) is 10.9 Å². The lowest BCUT2D eigenvalue weighted by Gasteiger charge is -2.19. The Morgan fingerprint density at radius 1 is 1.06 bits per heavy atom. The van der Waals surface area contributed by atoms with Crippen molar-refractivity contribution in [2.24, 2.45) is 0 Å². The van der Waals surface area contributed by atoms with Crippen molar-refractivity contribution < 1.29 is 22.8 Å². The van der Waals surface area contributed by atoms with Crippen LogP contribution in [0.4, 0.5) is 24.0 Å². The molecule has 3 rings (SSSR count). The van der Waals surface area contributed by atoms with Gasteiger partial charge in [-0.25, -0.2) is 4.98 Å². The highest BCUT2D eigenvalue weighted by atomic mass is 32.1. The van der Waals surface area contributed by atoms with Crippen LogP contribution in [0.15, 0.2) is 53.9 Å². The minimum atomic E-state index is -4.62. The molecule has 1 amide bonds. The molecule has 2 aromatic carbocycles. The zero-order valence-corrected chi connectivity index (χ0v) is 17.8. The van der Waals surface area contributed by atoms with Crippen LogP contribution in [-0.4, -0.2) is 16.7 Å². The van der Waals surface area contributed by atoms with Crippen LogP contribution in [0.3, 0.4) is 0 Å². The molecule has 0 unspecified atom stereocenters. The highest BCUT2D eigenvalue weighted by Crippen LogP contribution is 2.33. The lowest BCUT2D eigenvalue weighted by Crippen LogP contribution is -2.22. The Morgan fingerprint density at radius 3 is 2.42 bits per heavy atom. The first kappa shape index (κ1) is 22.4. The first-order chi connectivity index (χ1) is 14.6. The second-order valence-corrected chi connectivity index (χ2v) is 7.76. The maximum absolute atomic E-state index is 13.1. The van der Waals surface area contributed by atoms with Gasteiger partial charge in [0.2, 0.25) is 5.91 Å². The van der Waals surface area contributed by atoms with Crippen LogP contribution in [0.1, 0.15) is 39.7 Å². The SMILES string of the molecule is CC(=O)N(c1ccc(C)c(C)c1)c1nc(C=CC(=O)c2ccccc2C(F)(F)F)cs1. The predicted octanol–water partition coefficient (Wildman–Crippen LogP) is 6.36. The third-order valence-corrected chi connectivity index (χ3v) is 5.51. The quantitative estimate of drug-likeness (QED) is 0.340. The van der Waals surface area contributed by atoms with E-state index in [4.69, 9.17) is 0 Å². The van der Waals surface area contributed by atoms with E-state index < -0.39 is 23.1 Å². The second-order valence-electron chi connectivity index (χ2n) is 6.92. The molecule has 0 N–H and O–H groups in total. The number of aryl methyl sites for hydroxylation is 2. The average molecular weight is 444 g/mol. The smallest absolute Gasteiger partial charge is 0.289 e. The topological polar surface area (TPSA) is 50.3 Å². The number of allylic oxidation sites excluding steroid dienone is 1. The van der Waals surface area contributed by atoms with Crippen molar-refractivity contribution in [1.29, 1.82) is 0 Å². The number of hydrogen-bond donors (Lipinski definition) is 0. The van der Waals surface area contributed by atoms with E-state index in [9.17, 15) is 22.8 Å². The summed E-state index contributed by atoms with van der Waals surface area (Å²) in [6, 6.07) is 10.2. The number of halogens is 3. The highest BCUT2D eigenvalue weighted by molar-refractivity contribution is 7.14.